The van der Waals surface area contributed by atoms with Crippen LogP contribution in [-0.2, 0) is 20.9 Å². The van der Waals surface area contributed by atoms with Gasteiger partial charge in [-0.15, -0.1) is 0 Å². The largest absolute Gasteiger partial charge is 0.484 e. The molecule has 312 valence electrons. The molecule has 4 heterocycles. The maximum atomic E-state index is 13.1. The van der Waals surface area contributed by atoms with Crippen LogP contribution < -0.4 is 20.3 Å². The molecule has 1 aromatic heterocycles. The van der Waals surface area contributed by atoms with Crippen LogP contribution >= 0.6 is 0 Å². The van der Waals surface area contributed by atoms with Crippen molar-refractivity contribution in [1.82, 2.24) is 19.7 Å². The molecular formula is C49H57N7O4. The third kappa shape index (κ3) is 9.11. The van der Waals surface area contributed by atoms with Gasteiger partial charge in [-0.2, -0.15) is 0 Å². The van der Waals surface area contributed by atoms with E-state index in [1.807, 2.05) is 4.90 Å². The van der Waals surface area contributed by atoms with Crippen molar-refractivity contribution in [3.63, 3.8) is 0 Å². The second kappa shape index (κ2) is 18.5. The molecule has 1 unspecified atom stereocenters. The number of hydrogen-bond donors (Lipinski definition) is 3. The third-order valence-electron chi connectivity index (χ3n) is 12.8. The highest BCUT2D eigenvalue weighted by atomic mass is 16.5. The number of ether oxygens (including phenoxy) is 1. The molecule has 0 radical (unpaired) electrons. The highest BCUT2D eigenvalue weighted by Gasteiger charge is 2.32. The van der Waals surface area contributed by atoms with E-state index in [-0.39, 0.29) is 30.6 Å². The summed E-state index contributed by atoms with van der Waals surface area (Å²) < 4.78 is 8.36. The maximum absolute atomic E-state index is 13.1. The highest BCUT2D eigenvalue weighted by molar-refractivity contribution is 6.17. The van der Waals surface area contributed by atoms with Crippen LogP contribution in [0.2, 0.25) is 0 Å². The number of carbonyl (C=O) groups is 3. The molecule has 5 aromatic rings. The van der Waals surface area contributed by atoms with Crippen LogP contribution in [0.15, 0.2) is 97.1 Å². The molecule has 60 heavy (non-hydrogen) atoms. The van der Waals surface area contributed by atoms with Crippen molar-refractivity contribution in [3.8, 4) is 17.0 Å². The van der Waals surface area contributed by atoms with Crippen LogP contribution in [0.4, 0.5) is 11.4 Å². The summed E-state index contributed by atoms with van der Waals surface area (Å²) in [5.74, 6) is -0.197. The Morgan fingerprint density at radius 1 is 0.867 bits per heavy atom. The number of fused-ring (bicyclic) bond motifs is 1. The van der Waals surface area contributed by atoms with Gasteiger partial charge in [0, 0.05) is 93.2 Å². The van der Waals surface area contributed by atoms with E-state index in [0.29, 0.717) is 36.5 Å². The number of nitrogens with one attached hydrogen (secondary N) is 3. The van der Waals surface area contributed by atoms with E-state index in [9.17, 15) is 14.4 Å². The van der Waals surface area contributed by atoms with Crippen LogP contribution in [0, 0.1) is 24.2 Å². The van der Waals surface area contributed by atoms with Gasteiger partial charge >= 0.3 is 0 Å². The Morgan fingerprint density at radius 2 is 1.60 bits per heavy atom. The van der Waals surface area contributed by atoms with E-state index in [1.165, 1.54) is 64.7 Å². The van der Waals surface area contributed by atoms with Gasteiger partial charge < -0.3 is 29.8 Å². The monoisotopic (exact) mass is 807 g/mol. The Labute approximate surface area is 353 Å². The van der Waals surface area contributed by atoms with E-state index in [1.54, 1.807) is 25.2 Å². The number of anilines is 2. The summed E-state index contributed by atoms with van der Waals surface area (Å²) in [7, 11) is 1.74. The maximum Gasteiger partial charge on any atom is 0.260 e. The zero-order chi connectivity index (χ0) is 41.6. The van der Waals surface area contributed by atoms with Gasteiger partial charge in [-0.3, -0.25) is 24.6 Å². The molecule has 3 saturated heterocycles. The number of para-hydroxylation sites is 1. The van der Waals surface area contributed by atoms with E-state index in [4.69, 9.17) is 10.1 Å². The van der Waals surface area contributed by atoms with E-state index >= 15 is 0 Å². The number of carbonyl (C=O) groups excluding carboxylic acids is 3. The first kappa shape index (κ1) is 40.8. The molecule has 3 fully saturated rings. The van der Waals surface area contributed by atoms with Crippen LogP contribution in [0.3, 0.4) is 0 Å². The zero-order valence-corrected chi connectivity index (χ0v) is 34.9. The van der Waals surface area contributed by atoms with Crippen molar-refractivity contribution in [2.45, 2.75) is 52.0 Å². The van der Waals surface area contributed by atoms with E-state index in [2.05, 4.69) is 111 Å². The summed E-state index contributed by atoms with van der Waals surface area (Å²) >= 11 is 0. The first-order chi connectivity index (χ1) is 29.2. The zero-order valence-electron chi connectivity index (χ0n) is 34.9. The van der Waals surface area contributed by atoms with Crippen molar-refractivity contribution in [3.05, 3.63) is 114 Å². The predicted octanol–water partition coefficient (Wildman–Crippen LogP) is 7.35. The minimum absolute atomic E-state index is 0.0378. The molecule has 3 N–H and O–H groups in total. The first-order valence-corrected chi connectivity index (χ1v) is 21.6. The Bertz CT molecular complexity index is 2320. The minimum atomic E-state index is -0.682. The SMILES string of the molecule is CNc1cc(OCC(=O)N2CCN(CCCC3CCN(c4ccc(Cn5c(-c6ccccc6)c(C)c6ccccc65)cc4)CC3)CC2)ccc1C(=N)C1CCC(=O)NC1=O. The van der Waals surface area contributed by atoms with Gasteiger partial charge in [-0.05, 0) is 98.5 Å². The molecule has 11 nitrogen and oxygen atoms in total. The summed E-state index contributed by atoms with van der Waals surface area (Å²) in [4.78, 5) is 43.9. The fraction of sp³-hybridized carbons (Fsp3) is 0.388. The molecule has 0 aliphatic carbocycles. The van der Waals surface area contributed by atoms with Crippen LogP contribution in [0.25, 0.3) is 22.2 Å². The average Bonchev–Trinajstić information content (AvgIpc) is 3.56. The fourth-order valence-electron chi connectivity index (χ4n) is 9.36. The summed E-state index contributed by atoms with van der Waals surface area (Å²) in [6.07, 6.45) is 5.40. The number of nitrogens with zero attached hydrogens (tertiary/aromatic N) is 4. The number of piperidine rings is 2. The van der Waals surface area contributed by atoms with Crippen LogP contribution in [0.5, 0.6) is 5.75 Å². The first-order valence-electron chi connectivity index (χ1n) is 21.6. The molecule has 3 aliphatic heterocycles. The average molecular weight is 808 g/mol. The smallest absolute Gasteiger partial charge is 0.260 e. The van der Waals surface area contributed by atoms with E-state index < -0.39 is 11.8 Å². The number of imide groups is 1. The molecule has 0 spiro atoms. The fourth-order valence-corrected chi connectivity index (χ4v) is 9.36. The van der Waals surface area contributed by atoms with Gasteiger partial charge in [-0.1, -0.05) is 60.7 Å². The molecule has 11 heteroatoms. The molecule has 3 amide bonds. The molecule has 0 bridgehead atoms. The van der Waals surface area contributed by atoms with Gasteiger partial charge in [0.1, 0.15) is 5.75 Å². The second-order valence-corrected chi connectivity index (χ2v) is 16.6. The highest BCUT2D eigenvalue weighted by Crippen LogP contribution is 2.35. The number of amides is 3. The van der Waals surface area contributed by atoms with Crippen molar-refractivity contribution in [2.75, 3.05) is 69.7 Å². The number of aryl methyl sites for hydroxylation is 1. The molecule has 8 rings (SSSR count). The van der Waals surface area contributed by atoms with Gasteiger partial charge in [-0.25, -0.2) is 0 Å². The number of rotatable bonds is 14. The molecule has 3 aliphatic rings. The molecular weight excluding hydrogens is 751 g/mol. The topological polar surface area (TPSA) is 123 Å². The summed E-state index contributed by atoms with van der Waals surface area (Å²) in [6, 6.07) is 33.9. The van der Waals surface area contributed by atoms with Crippen LogP contribution in [-0.4, -0.2) is 97.3 Å². The quantitative estimate of drug-likeness (QED) is 0.0793. The number of benzene rings is 4. The number of piperazine rings is 1. The number of aromatic nitrogens is 1. The van der Waals surface area contributed by atoms with Gasteiger partial charge in [0.15, 0.2) is 6.61 Å². The van der Waals surface area contributed by atoms with Gasteiger partial charge in [0.05, 0.1) is 17.3 Å². The minimum Gasteiger partial charge on any atom is -0.484 e. The standard InChI is InChI=1S/C49H57N7O4/c1-34-40-12-6-7-13-44(40)56(48(34)37-10-4-3-5-11-37)32-36-14-16-38(17-15-36)54-25-22-35(23-26-54)9-8-24-53-27-29-55(30-28-53)46(58)33-60-39-18-19-41(43(31-39)51-2)47(50)42-20-21-45(57)52-49(42)59/h3-7,10-19,31,35,42,50-51H,8-9,20-30,32-33H2,1-2H3,(H,52,57,59). The lowest BCUT2D eigenvalue weighted by Crippen LogP contribution is -2.50. The Hall–Kier alpha value is -5.94. The Morgan fingerprint density at radius 3 is 2.33 bits per heavy atom. The molecule has 0 saturated carbocycles. The Balaban J connectivity index is 0.746. The van der Waals surface area contributed by atoms with Crippen LogP contribution in [0.1, 0.15) is 55.2 Å². The second-order valence-electron chi connectivity index (χ2n) is 16.6. The van der Waals surface area contributed by atoms with Gasteiger partial charge in [0.2, 0.25) is 11.8 Å². The summed E-state index contributed by atoms with van der Waals surface area (Å²) in [5, 5.41) is 15.4. The number of hydrogen-bond acceptors (Lipinski definition) is 8. The normalized spacial score (nSPS) is 17.8. The lowest BCUT2D eigenvalue weighted by molar-refractivity contribution is -0.136. The third-order valence-corrected chi connectivity index (χ3v) is 12.8. The van der Waals surface area contributed by atoms with Crippen molar-refractivity contribution in [2.24, 2.45) is 11.8 Å². The van der Waals surface area contributed by atoms with E-state index in [0.717, 1.165) is 45.2 Å². The van der Waals surface area contributed by atoms with Crippen molar-refractivity contribution >= 4 is 45.7 Å². The molecule has 4 aromatic carbocycles. The van der Waals surface area contributed by atoms with Crippen molar-refractivity contribution < 1.29 is 19.1 Å². The summed E-state index contributed by atoms with van der Waals surface area (Å²) in [5.41, 5.74) is 9.13. The lowest BCUT2D eigenvalue weighted by Gasteiger charge is -2.36. The van der Waals surface area contributed by atoms with Crippen molar-refractivity contribution in [1.29, 1.82) is 5.41 Å². The summed E-state index contributed by atoms with van der Waals surface area (Å²) in [6.45, 7) is 9.40. The van der Waals surface area contributed by atoms with Gasteiger partial charge in [0.25, 0.3) is 5.91 Å². The Kier molecular flexibility index (Phi) is 12.6. The molecule has 1 atom stereocenters. The predicted molar refractivity (Wildman–Crippen MR) is 239 cm³/mol. The lowest BCUT2D eigenvalue weighted by atomic mass is 9.88.